The van der Waals surface area contributed by atoms with Gasteiger partial charge in [0.05, 0.1) is 35.2 Å². The zero-order chi connectivity index (χ0) is 54.2. The maximum absolute atomic E-state index is 12.0. The number of aliphatic imine (C=N–C) groups is 2. The molecule has 13 N–H and O–H groups in total. The van der Waals surface area contributed by atoms with Gasteiger partial charge >= 0.3 is 66.7 Å². The van der Waals surface area contributed by atoms with E-state index in [1.165, 1.54) is 11.1 Å². The summed E-state index contributed by atoms with van der Waals surface area (Å²) in [6.45, 7) is 28.0. The van der Waals surface area contributed by atoms with Gasteiger partial charge in [-0.25, -0.2) is 0 Å². The van der Waals surface area contributed by atoms with Crippen LogP contribution in [0, 0.1) is 52.4 Å². The summed E-state index contributed by atoms with van der Waals surface area (Å²) in [6, 6.07) is 34.4. The fourth-order valence-electron chi connectivity index (χ4n) is 6.92. The molecule has 0 saturated carbocycles. The number of halogens is 4. The first kappa shape index (κ1) is 85.8. The van der Waals surface area contributed by atoms with Crippen LogP contribution in [0.4, 0.5) is 17.1 Å². The van der Waals surface area contributed by atoms with Crippen LogP contribution in [-0.4, -0.2) is 82.7 Å². The second kappa shape index (κ2) is 43.2. The number of carbonyl (C=O) groups is 2. The molecule has 7 rings (SSSR count). The molecule has 448 valence electrons. The number of para-hydroxylation sites is 5. The van der Waals surface area contributed by atoms with E-state index in [2.05, 4.69) is 126 Å². The van der Waals surface area contributed by atoms with E-state index in [4.69, 9.17) is 66.3 Å². The minimum absolute atomic E-state index is 0. The van der Waals surface area contributed by atoms with Gasteiger partial charge in [-0.1, -0.05) is 161 Å². The van der Waals surface area contributed by atoms with E-state index in [0.717, 1.165) is 91.7 Å². The molecule has 79 heavy (non-hydrogen) atoms. The van der Waals surface area contributed by atoms with E-state index in [1.807, 2.05) is 83.3 Å². The standard InChI is InChI=1S/C30H34N4.C14H16N2O2.C8H11N.C4H10O.2CH4.4ClH.2Fe.5H2O/c1-20-12-10-13-21(2)28(20)31-18-25-24-16-8-9-17-26(24)34(33-25)19-27(30(5,6)7)32-29-22(3)14-11-15-23(29)4;1-14(2,3)13(18)8-16-12-7-5-4-6-10(12)11(9-17)15-16;1-6-4-3-5-7(2)8(6)9;1-2-3-4-5;;;;;;;;;;;;;/h8-18H,19H2,1-7H3;4-7,9H,8H2,1-3H3;3-5H,9H2,1-2H3;5H,2-4H2,1H3;2*1H4;4*1H;;;5*1H2/q;;;;;;;;;;2*+2;;;;;/p-4. The Morgan fingerprint density at radius 3 is 1.32 bits per heavy atom. The second-order valence-corrected chi connectivity index (χ2v) is 22.6. The van der Waals surface area contributed by atoms with Gasteiger partial charge in [-0.15, -0.1) is 0 Å². The molecule has 2 heterocycles. The molecule has 0 bridgehead atoms. The minimum atomic E-state index is -0.408. The van der Waals surface area contributed by atoms with Gasteiger partial charge in [0.25, 0.3) is 0 Å². The van der Waals surface area contributed by atoms with Gasteiger partial charge in [0, 0.05) is 39.6 Å². The topological polar surface area (TPSA) is 298 Å². The van der Waals surface area contributed by atoms with Crippen LogP contribution in [0.25, 0.3) is 21.8 Å². The van der Waals surface area contributed by atoms with E-state index >= 15 is 0 Å². The third-order valence-corrected chi connectivity index (χ3v) is 11.3. The number of rotatable bonds is 10. The number of hydrogen-bond acceptors (Lipinski definition) is 8. The zero-order valence-electron chi connectivity index (χ0n) is 46.2. The molecule has 5 aromatic carbocycles. The summed E-state index contributed by atoms with van der Waals surface area (Å²) in [6.07, 6.45) is 4.66. The number of Topliss-reactive ketones (excluding diaryl/α,β-unsaturated/α-hetero) is 1. The van der Waals surface area contributed by atoms with Crippen LogP contribution in [0.1, 0.15) is 126 Å². The number of fused-ring (bicyclic) bond motifs is 2. The Kier molecular flexibility index (Phi) is 46.9. The number of nitrogen functional groups attached to an aromatic ring is 1. The molecular weight excluding hydrogens is 1180 g/mol. The van der Waals surface area contributed by atoms with Crippen molar-refractivity contribution in [1.82, 2.24) is 19.6 Å². The molecule has 0 radical (unpaired) electrons. The van der Waals surface area contributed by atoms with Gasteiger partial charge < -0.3 is 38.2 Å². The van der Waals surface area contributed by atoms with Crippen molar-refractivity contribution in [3.8, 4) is 0 Å². The first-order chi connectivity index (χ1) is 34.0. The Morgan fingerprint density at radius 2 is 0.962 bits per heavy atom. The van der Waals surface area contributed by atoms with Gasteiger partial charge in [-0.3, -0.25) is 28.9 Å². The van der Waals surface area contributed by atoms with Crippen LogP contribution >= 0.6 is 40.4 Å². The molecular formula is C58H89Cl4Fe2N7O8. The van der Waals surface area contributed by atoms with Crippen LogP contribution in [0.5, 0.6) is 0 Å². The number of aryl methyl sites for hydroxylation is 6. The zero-order valence-corrected chi connectivity index (χ0v) is 51.5. The van der Waals surface area contributed by atoms with E-state index in [0.29, 0.717) is 18.8 Å². The number of aldehydes is 1. The van der Waals surface area contributed by atoms with Gasteiger partial charge in [-0.05, 0) is 93.5 Å². The molecule has 0 fully saturated rings. The number of aromatic nitrogens is 4. The molecule has 0 aliphatic carbocycles. The summed E-state index contributed by atoms with van der Waals surface area (Å²) < 4.78 is 3.67. The van der Waals surface area contributed by atoms with Gasteiger partial charge in [0.1, 0.15) is 17.9 Å². The molecule has 2 aromatic heterocycles. The third-order valence-electron chi connectivity index (χ3n) is 11.3. The molecule has 0 aliphatic rings. The Labute approximate surface area is 499 Å². The number of aliphatic hydroxyl groups is 1. The second-order valence-electron chi connectivity index (χ2n) is 18.9. The molecule has 0 aliphatic heterocycles. The van der Waals surface area contributed by atoms with E-state index in [-0.39, 0.29) is 86.2 Å². The van der Waals surface area contributed by atoms with Gasteiger partial charge in [-0.2, -0.15) is 10.2 Å². The molecule has 0 saturated heterocycles. The molecule has 7 aromatic rings. The van der Waals surface area contributed by atoms with Crippen molar-refractivity contribution in [2.75, 3.05) is 12.3 Å². The summed E-state index contributed by atoms with van der Waals surface area (Å²) in [5, 5.41) is 19.1. The number of aliphatic hydroxyl groups excluding tert-OH is 1. The summed E-state index contributed by atoms with van der Waals surface area (Å²) in [4.78, 5) is 33.0. The van der Waals surface area contributed by atoms with Crippen LogP contribution in [0.3, 0.4) is 0 Å². The Hall–Kier alpha value is -4.52. The number of nitrogens with two attached hydrogens (primary N) is 1. The average Bonchev–Trinajstić information content (AvgIpc) is 3.86. The number of carbonyl (C=O) groups excluding carboxylic acids is 2. The predicted molar refractivity (Wildman–Crippen MR) is 332 cm³/mol. The monoisotopic (exact) mass is 1260 g/mol. The quantitative estimate of drug-likeness (QED) is 0.0580. The summed E-state index contributed by atoms with van der Waals surface area (Å²) >= 11 is 0.389. The van der Waals surface area contributed by atoms with Crippen molar-refractivity contribution in [2.45, 2.75) is 131 Å². The summed E-state index contributed by atoms with van der Waals surface area (Å²) in [7, 11) is 19.1. The number of unbranched alkanes of at least 4 members (excludes halogenated alkanes) is 1. The Balaban J connectivity index is -0.000000250. The van der Waals surface area contributed by atoms with Gasteiger partial charge in [0.2, 0.25) is 0 Å². The number of nitrogens with zero attached hydrogens (tertiary/aromatic N) is 6. The molecule has 0 spiro atoms. The third kappa shape index (κ3) is 27.7. The normalized spacial score (nSPS) is 10.3. The first-order valence-electron chi connectivity index (χ1n) is 23.3. The van der Waals surface area contributed by atoms with Crippen molar-refractivity contribution in [3.63, 3.8) is 0 Å². The molecule has 0 amide bonds. The fraction of sp³-hybridized carbons (Fsp3) is 0.379. The van der Waals surface area contributed by atoms with Crippen LogP contribution in [-0.2, 0) is 44.2 Å². The number of benzene rings is 5. The number of anilines is 1. The average molecular weight is 1270 g/mol. The van der Waals surface area contributed by atoms with Crippen molar-refractivity contribution in [1.29, 1.82) is 0 Å². The molecule has 15 nitrogen and oxygen atoms in total. The van der Waals surface area contributed by atoms with Crippen molar-refractivity contribution in [2.24, 2.45) is 20.8 Å². The molecule has 0 atom stereocenters. The van der Waals surface area contributed by atoms with Crippen molar-refractivity contribution < 1.29 is 68.3 Å². The van der Waals surface area contributed by atoms with Crippen LogP contribution in [0.15, 0.2) is 113 Å². The van der Waals surface area contributed by atoms with Crippen molar-refractivity contribution in [3.05, 3.63) is 148 Å². The van der Waals surface area contributed by atoms with Gasteiger partial charge in [0.15, 0.2) is 12.1 Å². The SMILES string of the molecule is C.C.CC(C)(C)C(=O)Cn1nc(C=O)c2ccccc21.CCCCO.Cc1cccc(C)c1N.Cc1cccc(C)c1N=Cc1nn(CC(=Nc2c(C)cccc2C)C(C)(C)C)c2ccccc12.O.O.O.O.O.[Cl][Fe][Cl].[Cl][Fe][Cl]. The predicted octanol–water partition coefficient (Wildman–Crippen LogP) is 12.9. The Morgan fingerprint density at radius 1 is 0.595 bits per heavy atom. The number of ketones is 1. The van der Waals surface area contributed by atoms with E-state index < -0.39 is 5.41 Å². The number of hydrogen-bond donors (Lipinski definition) is 2. The van der Waals surface area contributed by atoms with Crippen molar-refractivity contribution >= 4 is 103 Å². The van der Waals surface area contributed by atoms with E-state index in [9.17, 15) is 9.59 Å². The van der Waals surface area contributed by atoms with E-state index in [1.54, 1.807) is 4.68 Å². The molecule has 21 heteroatoms. The summed E-state index contributed by atoms with van der Waals surface area (Å²) in [5.74, 6) is 0.0909. The van der Waals surface area contributed by atoms with Crippen LogP contribution < -0.4 is 5.73 Å². The maximum atomic E-state index is 12.0. The fourth-order valence-corrected chi connectivity index (χ4v) is 6.92. The first-order valence-corrected chi connectivity index (χ1v) is 29.4. The molecule has 0 unspecified atom stereocenters. The summed E-state index contributed by atoms with van der Waals surface area (Å²) in [5.41, 5.74) is 19.4. The Bertz CT molecular complexity index is 2820. The van der Waals surface area contributed by atoms with Crippen LogP contribution in [0.2, 0.25) is 0 Å².